The zero-order valence-corrected chi connectivity index (χ0v) is 9.05. The van der Waals surface area contributed by atoms with E-state index in [-0.39, 0.29) is 30.6 Å². The number of carbonyl (C=O) groups is 1. The molecule has 0 bridgehead atoms. The highest BCUT2D eigenvalue weighted by molar-refractivity contribution is 5.82. The fourth-order valence-corrected chi connectivity index (χ4v) is 2.29. The van der Waals surface area contributed by atoms with Crippen molar-refractivity contribution in [1.29, 1.82) is 0 Å². The molecular weight excluding hydrogens is 231 g/mol. The Labute approximate surface area is 96.6 Å². The molecule has 1 aromatic rings. The van der Waals surface area contributed by atoms with Gasteiger partial charge in [0.05, 0.1) is 5.56 Å². The zero-order valence-electron chi connectivity index (χ0n) is 9.05. The number of nitrogens with two attached hydrogens (primary N) is 1. The van der Waals surface area contributed by atoms with Crippen molar-refractivity contribution in [1.82, 2.24) is 0 Å². The van der Waals surface area contributed by atoms with Crippen LogP contribution < -0.4 is 5.73 Å². The molecule has 1 aromatic carbocycles. The van der Waals surface area contributed by atoms with Crippen LogP contribution >= 0.6 is 0 Å². The van der Waals surface area contributed by atoms with E-state index in [1.807, 2.05) is 0 Å². The third-order valence-corrected chi connectivity index (χ3v) is 3.13. The lowest BCUT2D eigenvalue weighted by atomic mass is 9.85. The molecule has 5 heteroatoms. The minimum atomic E-state index is -4.44. The van der Waals surface area contributed by atoms with Gasteiger partial charge in [-0.15, -0.1) is 0 Å². The summed E-state index contributed by atoms with van der Waals surface area (Å²) in [6, 6.07) is 5.21. The molecule has 0 amide bonds. The lowest BCUT2D eigenvalue weighted by Crippen LogP contribution is -2.36. The van der Waals surface area contributed by atoms with Gasteiger partial charge in [-0.25, -0.2) is 0 Å². The first kappa shape index (κ1) is 12.1. The summed E-state index contributed by atoms with van der Waals surface area (Å²) < 4.78 is 38.5. The number of ketones is 1. The molecule has 0 radical (unpaired) electrons. The first-order valence-electron chi connectivity index (χ1n) is 5.30. The van der Waals surface area contributed by atoms with Crippen LogP contribution in [0.1, 0.15) is 30.4 Å². The zero-order chi connectivity index (χ0) is 12.7. The van der Waals surface area contributed by atoms with Gasteiger partial charge >= 0.3 is 6.18 Å². The van der Waals surface area contributed by atoms with Gasteiger partial charge < -0.3 is 5.73 Å². The molecule has 1 saturated carbocycles. The summed E-state index contributed by atoms with van der Waals surface area (Å²) in [4.78, 5) is 11.2. The topological polar surface area (TPSA) is 43.1 Å². The average molecular weight is 243 g/mol. The maximum absolute atomic E-state index is 12.8. The fraction of sp³-hybridized carbons (Fsp3) is 0.417. The number of Topliss-reactive ketones (excluding diaryl/α,β-unsaturated/α-hetero) is 1. The molecule has 0 aliphatic heterocycles. The van der Waals surface area contributed by atoms with E-state index in [2.05, 4.69) is 0 Å². The Balaban J connectivity index is 2.49. The summed E-state index contributed by atoms with van der Waals surface area (Å²) >= 11 is 0. The van der Waals surface area contributed by atoms with E-state index in [9.17, 15) is 18.0 Å². The largest absolute Gasteiger partial charge is 0.416 e. The van der Waals surface area contributed by atoms with Crippen LogP contribution in [0.3, 0.4) is 0 Å². The van der Waals surface area contributed by atoms with Crippen LogP contribution in [0.2, 0.25) is 0 Å². The highest BCUT2D eigenvalue weighted by Crippen LogP contribution is 2.41. The summed E-state index contributed by atoms with van der Waals surface area (Å²) in [6.07, 6.45) is -3.92. The van der Waals surface area contributed by atoms with E-state index in [1.54, 1.807) is 0 Å². The van der Waals surface area contributed by atoms with E-state index >= 15 is 0 Å². The maximum Gasteiger partial charge on any atom is 0.416 e. The molecular formula is C12H12F3NO. The van der Waals surface area contributed by atoms with Gasteiger partial charge in [-0.3, -0.25) is 4.79 Å². The van der Waals surface area contributed by atoms with E-state index in [0.717, 1.165) is 6.07 Å². The molecule has 17 heavy (non-hydrogen) atoms. The smallest absolute Gasteiger partial charge is 0.321 e. The van der Waals surface area contributed by atoms with Crippen molar-refractivity contribution in [2.45, 2.75) is 31.0 Å². The van der Waals surface area contributed by atoms with Gasteiger partial charge in [0.25, 0.3) is 0 Å². The SMILES string of the molecule is NC1(c2ccccc2C(F)(F)F)CCC(=O)C1. The first-order valence-corrected chi connectivity index (χ1v) is 5.30. The monoisotopic (exact) mass is 243 g/mol. The number of benzene rings is 1. The molecule has 2 N–H and O–H groups in total. The predicted octanol–water partition coefficient (Wildman–Crippen LogP) is 2.61. The number of hydrogen-bond acceptors (Lipinski definition) is 2. The Bertz CT molecular complexity index is 455. The van der Waals surface area contributed by atoms with Crippen LogP contribution in [0.4, 0.5) is 13.2 Å². The lowest BCUT2D eigenvalue weighted by molar-refractivity contribution is -0.139. The molecule has 1 unspecified atom stereocenters. The molecule has 1 aliphatic rings. The molecule has 1 aliphatic carbocycles. The number of halogens is 3. The number of carbonyl (C=O) groups excluding carboxylic acids is 1. The molecule has 1 fully saturated rings. The van der Waals surface area contributed by atoms with Crippen LogP contribution in [-0.4, -0.2) is 5.78 Å². The van der Waals surface area contributed by atoms with E-state index in [4.69, 9.17) is 5.73 Å². The molecule has 0 aromatic heterocycles. The van der Waals surface area contributed by atoms with Crippen molar-refractivity contribution >= 4 is 5.78 Å². The Morgan fingerprint density at radius 3 is 2.41 bits per heavy atom. The fourth-order valence-electron chi connectivity index (χ4n) is 2.29. The Morgan fingerprint density at radius 2 is 1.88 bits per heavy atom. The van der Waals surface area contributed by atoms with Gasteiger partial charge in [-0.05, 0) is 18.1 Å². The van der Waals surface area contributed by atoms with Gasteiger partial charge in [0.15, 0.2) is 0 Å². The Kier molecular flexibility index (Phi) is 2.73. The second kappa shape index (κ2) is 3.84. The summed E-state index contributed by atoms with van der Waals surface area (Å²) in [6.45, 7) is 0. The molecule has 2 rings (SSSR count). The highest BCUT2D eigenvalue weighted by atomic mass is 19.4. The Hall–Kier alpha value is -1.36. The Morgan fingerprint density at radius 1 is 1.24 bits per heavy atom. The summed E-state index contributed by atoms with van der Waals surface area (Å²) in [5, 5.41) is 0. The van der Waals surface area contributed by atoms with Crippen molar-refractivity contribution in [3.05, 3.63) is 35.4 Å². The third kappa shape index (κ3) is 2.20. The minimum absolute atomic E-state index is 0.0138. The third-order valence-electron chi connectivity index (χ3n) is 3.13. The van der Waals surface area contributed by atoms with Gasteiger partial charge in [0, 0.05) is 18.4 Å². The molecule has 0 saturated heterocycles. The van der Waals surface area contributed by atoms with Gasteiger partial charge in [-0.2, -0.15) is 13.2 Å². The molecule has 2 nitrogen and oxygen atoms in total. The van der Waals surface area contributed by atoms with Gasteiger partial charge in [-0.1, -0.05) is 18.2 Å². The quantitative estimate of drug-likeness (QED) is 0.823. The molecule has 0 spiro atoms. The van der Waals surface area contributed by atoms with Crippen molar-refractivity contribution in [3.8, 4) is 0 Å². The molecule has 1 atom stereocenters. The number of rotatable bonds is 1. The van der Waals surface area contributed by atoms with Crippen molar-refractivity contribution < 1.29 is 18.0 Å². The van der Waals surface area contributed by atoms with E-state index < -0.39 is 17.3 Å². The predicted molar refractivity (Wildman–Crippen MR) is 56.2 cm³/mol. The first-order chi connectivity index (χ1) is 7.83. The number of alkyl halides is 3. The lowest BCUT2D eigenvalue weighted by Gasteiger charge is -2.26. The van der Waals surface area contributed by atoms with Crippen molar-refractivity contribution in [2.75, 3.05) is 0 Å². The minimum Gasteiger partial charge on any atom is -0.321 e. The van der Waals surface area contributed by atoms with Gasteiger partial charge in [0.1, 0.15) is 5.78 Å². The average Bonchev–Trinajstić information content (AvgIpc) is 2.59. The van der Waals surface area contributed by atoms with Crippen LogP contribution in [-0.2, 0) is 16.5 Å². The van der Waals surface area contributed by atoms with Crippen LogP contribution in [0, 0.1) is 0 Å². The summed E-state index contributed by atoms with van der Waals surface area (Å²) in [5.41, 5.74) is 4.07. The van der Waals surface area contributed by atoms with Gasteiger partial charge in [0.2, 0.25) is 0 Å². The summed E-state index contributed by atoms with van der Waals surface area (Å²) in [5.74, 6) is -0.0792. The summed E-state index contributed by atoms with van der Waals surface area (Å²) in [7, 11) is 0. The van der Waals surface area contributed by atoms with Crippen molar-refractivity contribution in [3.63, 3.8) is 0 Å². The van der Waals surface area contributed by atoms with Crippen LogP contribution in [0.25, 0.3) is 0 Å². The number of hydrogen-bond donors (Lipinski definition) is 1. The van der Waals surface area contributed by atoms with E-state index in [0.29, 0.717) is 0 Å². The molecule has 92 valence electrons. The second-order valence-electron chi connectivity index (χ2n) is 4.41. The van der Waals surface area contributed by atoms with Crippen LogP contribution in [0.15, 0.2) is 24.3 Å². The maximum atomic E-state index is 12.8. The van der Waals surface area contributed by atoms with Crippen LogP contribution in [0.5, 0.6) is 0 Å². The standard InChI is InChI=1S/C12H12F3NO/c13-12(14,15)10-4-2-1-3-9(10)11(16)6-5-8(17)7-11/h1-4H,5-7,16H2. The highest BCUT2D eigenvalue weighted by Gasteiger charge is 2.43. The van der Waals surface area contributed by atoms with Crippen molar-refractivity contribution in [2.24, 2.45) is 5.73 Å². The molecule has 0 heterocycles. The normalized spacial score (nSPS) is 25.3. The second-order valence-corrected chi connectivity index (χ2v) is 4.41. The van der Waals surface area contributed by atoms with E-state index in [1.165, 1.54) is 18.2 Å².